The molecule has 0 aliphatic rings. The summed E-state index contributed by atoms with van der Waals surface area (Å²) in [7, 11) is 0. The molecule has 1 aromatic carbocycles. The number of halogens is 1. The van der Waals surface area contributed by atoms with E-state index in [2.05, 4.69) is 4.98 Å². The number of nitro groups is 1. The summed E-state index contributed by atoms with van der Waals surface area (Å²) in [5, 5.41) is 11.1. The Balaban J connectivity index is 2.61. The number of nitrogens with zero attached hydrogens (tertiary/aromatic N) is 2. The van der Waals surface area contributed by atoms with Crippen LogP contribution in [0.1, 0.15) is 0 Å². The Morgan fingerprint density at radius 1 is 1.47 bits per heavy atom. The maximum atomic E-state index is 10.8. The van der Waals surface area contributed by atoms with Crippen LogP contribution >= 0.6 is 11.6 Å². The third kappa shape index (κ3) is 1.82. The van der Waals surface area contributed by atoms with Crippen molar-refractivity contribution in [1.29, 1.82) is 0 Å². The van der Waals surface area contributed by atoms with Crippen molar-refractivity contribution in [2.24, 2.45) is 0 Å². The molecular formula is C9H5ClN2O3. The molecule has 5 nitrogen and oxygen atoms in total. The SMILES string of the molecule is O=[N+]([O-])c1cc(Cl)ccc1-c1cnco1. The Bertz CT molecular complexity index is 496. The predicted molar refractivity (Wildman–Crippen MR) is 53.6 cm³/mol. The molecule has 0 amide bonds. The molecule has 0 unspecified atom stereocenters. The second kappa shape index (κ2) is 3.70. The first-order chi connectivity index (χ1) is 7.18. The summed E-state index contributed by atoms with van der Waals surface area (Å²) in [6, 6.07) is 4.37. The van der Waals surface area contributed by atoms with E-state index in [1.807, 2.05) is 0 Å². The number of nitro benzene ring substituents is 1. The highest BCUT2D eigenvalue weighted by atomic mass is 35.5. The van der Waals surface area contributed by atoms with E-state index in [9.17, 15) is 10.1 Å². The van der Waals surface area contributed by atoms with Crippen molar-refractivity contribution in [1.82, 2.24) is 4.98 Å². The van der Waals surface area contributed by atoms with E-state index < -0.39 is 4.92 Å². The molecule has 0 saturated heterocycles. The van der Waals surface area contributed by atoms with E-state index in [0.717, 1.165) is 0 Å². The van der Waals surface area contributed by atoms with Gasteiger partial charge >= 0.3 is 0 Å². The normalized spacial score (nSPS) is 10.2. The van der Waals surface area contributed by atoms with Gasteiger partial charge in [-0.25, -0.2) is 4.98 Å². The Kier molecular flexibility index (Phi) is 2.39. The Labute approximate surface area is 89.5 Å². The fourth-order valence-electron chi connectivity index (χ4n) is 1.21. The lowest BCUT2D eigenvalue weighted by Crippen LogP contribution is -1.91. The summed E-state index contributed by atoms with van der Waals surface area (Å²) in [4.78, 5) is 13.9. The van der Waals surface area contributed by atoms with Crippen LogP contribution in [0.25, 0.3) is 11.3 Å². The fourth-order valence-corrected chi connectivity index (χ4v) is 1.38. The van der Waals surface area contributed by atoms with Crippen LogP contribution in [0, 0.1) is 10.1 Å². The zero-order chi connectivity index (χ0) is 10.8. The van der Waals surface area contributed by atoms with Gasteiger partial charge in [-0.1, -0.05) is 11.6 Å². The van der Waals surface area contributed by atoms with Crippen LogP contribution in [-0.4, -0.2) is 9.91 Å². The van der Waals surface area contributed by atoms with Gasteiger partial charge in [-0.3, -0.25) is 10.1 Å². The Morgan fingerprint density at radius 3 is 2.87 bits per heavy atom. The summed E-state index contributed by atoms with van der Waals surface area (Å²) >= 11 is 5.67. The molecule has 6 heteroatoms. The first-order valence-electron chi connectivity index (χ1n) is 4.01. The minimum Gasteiger partial charge on any atom is -0.443 e. The summed E-state index contributed by atoms with van der Waals surface area (Å²) in [6.07, 6.45) is 2.63. The number of hydrogen-bond donors (Lipinski definition) is 0. The first kappa shape index (κ1) is 9.67. The third-order valence-corrected chi connectivity index (χ3v) is 2.09. The summed E-state index contributed by atoms with van der Waals surface area (Å²) in [5.41, 5.74) is 0.265. The van der Waals surface area contributed by atoms with Crippen molar-refractivity contribution in [2.45, 2.75) is 0 Å². The van der Waals surface area contributed by atoms with Crippen LogP contribution in [0.5, 0.6) is 0 Å². The Hall–Kier alpha value is -1.88. The van der Waals surface area contributed by atoms with Crippen molar-refractivity contribution in [3.05, 3.63) is 45.9 Å². The quantitative estimate of drug-likeness (QED) is 0.581. The summed E-state index contributed by atoms with van der Waals surface area (Å²) < 4.78 is 4.99. The minimum atomic E-state index is -0.510. The average molecular weight is 225 g/mol. The van der Waals surface area contributed by atoms with Crippen LogP contribution in [0.2, 0.25) is 5.02 Å². The van der Waals surface area contributed by atoms with Crippen LogP contribution in [0.15, 0.2) is 35.2 Å². The second-order valence-corrected chi connectivity index (χ2v) is 3.22. The lowest BCUT2D eigenvalue weighted by molar-refractivity contribution is -0.384. The predicted octanol–water partition coefficient (Wildman–Crippen LogP) is 2.90. The monoisotopic (exact) mass is 224 g/mol. The van der Waals surface area contributed by atoms with Crippen molar-refractivity contribution >= 4 is 17.3 Å². The van der Waals surface area contributed by atoms with Crippen molar-refractivity contribution < 1.29 is 9.34 Å². The van der Waals surface area contributed by atoms with E-state index in [1.165, 1.54) is 24.7 Å². The molecule has 15 heavy (non-hydrogen) atoms. The first-order valence-corrected chi connectivity index (χ1v) is 4.39. The molecule has 0 spiro atoms. The van der Waals surface area contributed by atoms with Gasteiger partial charge in [-0.2, -0.15) is 0 Å². The smallest absolute Gasteiger partial charge is 0.281 e. The molecule has 0 fully saturated rings. The van der Waals surface area contributed by atoms with Gasteiger partial charge in [0.25, 0.3) is 5.69 Å². The third-order valence-electron chi connectivity index (χ3n) is 1.85. The minimum absolute atomic E-state index is 0.0979. The molecule has 1 aromatic heterocycles. The van der Waals surface area contributed by atoms with Crippen LogP contribution in [0.3, 0.4) is 0 Å². The maximum absolute atomic E-state index is 10.8. The second-order valence-electron chi connectivity index (χ2n) is 2.78. The van der Waals surface area contributed by atoms with Crippen molar-refractivity contribution in [2.75, 3.05) is 0 Å². The van der Waals surface area contributed by atoms with Crippen LogP contribution < -0.4 is 0 Å². The van der Waals surface area contributed by atoms with E-state index in [4.69, 9.17) is 16.0 Å². The number of aromatic nitrogens is 1. The summed E-state index contributed by atoms with van der Waals surface area (Å²) in [5.74, 6) is 0.346. The molecule has 1 heterocycles. The zero-order valence-corrected chi connectivity index (χ0v) is 8.14. The molecule has 0 aliphatic heterocycles. The highest BCUT2D eigenvalue weighted by molar-refractivity contribution is 6.30. The standard InChI is InChI=1S/C9H5ClN2O3/c10-6-1-2-7(8(3-6)12(13)14)9-4-11-5-15-9/h1-5H. The summed E-state index contributed by atoms with van der Waals surface area (Å²) in [6.45, 7) is 0. The lowest BCUT2D eigenvalue weighted by atomic mass is 10.1. The topological polar surface area (TPSA) is 69.2 Å². The molecule has 0 atom stereocenters. The van der Waals surface area contributed by atoms with Crippen LogP contribution in [-0.2, 0) is 0 Å². The van der Waals surface area contributed by atoms with Gasteiger partial charge in [-0.15, -0.1) is 0 Å². The molecule has 76 valence electrons. The lowest BCUT2D eigenvalue weighted by Gasteiger charge is -1.98. The van der Waals surface area contributed by atoms with Gasteiger partial charge in [-0.05, 0) is 12.1 Å². The van der Waals surface area contributed by atoms with Gasteiger partial charge in [0.2, 0.25) is 0 Å². The number of oxazole rings is 1. The van der Waals surface area contributed by atoms with Gasteiger partial charge in [0.1, 0.15) is 0 Å². The van der Waals surface area contributed by atoms with E-state index in [1.54, 1.807) is 6.07 Å². The molecule has 2 rings (SSSR count). The fraction of sp³-hybridized carbons (Fsp3) is 0. The van der Waals surface area contributed by atoms with Gasteiger partial charge in [0.05, 0.1) is 16.7 Å². The molecular weight excluding hydrogens is 220 g/mol. The molecule has 0 bridgehead atoms. The Morgan fingerprint density at radius 2 is 2.27 bits per heavy atom. The van der Waals surface area contributed by atoms with E-state index in [-0.39, 0.29) is 5.69 Å². The largest absolute Gasteiger partial charge is 0.443 e. The molecule has 2 aromatic rings. The highest BCUT2D eigenvalue weighted by Crippen LogP contribution is 2.31. The number of rotatable bonds is 2. The molecule has 0 aliphatic carbocycles. The van der Waals surface area contributed by atoms with E-state index in [0.29, 0.717) is 16.3 Å². The number of benzene rings is 1. The van der Waals surface area contributed by atoms with Gasteiger partial charge < -0.3 is 4.42 Å². The zero-order valence-electron chi connectivity index (χ0n) is 7.38. The van der Waals surface area contributed by atoms with Crippen molar-refractivity contribution in [3.63, 3.8) is 0 Å². The van der Waals surface area contributed by atoms with E-state index >= 15 is 0 Å². The molecule has 0 N–H and O–H groups in total. The van der Waals surface area contributed by atoms with Gasteiger partial charge in [0, 0.05) is 11.1 Å². The van der Waals surface area contributed by atoms with Crippen molar-refractivity contribution in [3.8, 4) is 11.3 Å². The molecule has 0 radical (unpaired) electrons. The average Bonchev–Trinajstić information content (AvgIpc) is 2.70. The molecule has 0 saturated carbocycles. The van der Waals surface area contributed by atoms with Crippen LogP contribution in [0.4, 0.5) is 5.69 Å². The number of hydrogen-bond acceptors (Lipinski definition) is 4. The highest BCUT2D eigenvalue weighted by Gasteiger charge is 2.17. The van der Waals surface area contributed by atoms with Gasteiger partial charge in [0.15, 0.2) is 12.2 Å². The maximum Gasteiger partial charge on any atom is 0.281 e.